The van der Waals surface area contributed by atoms with Crippen molar-refractivity contribution in [2.24, 2.45) is 11.7 Å². The van der Waals surface area contributed by atoms with Gasteiger partial charge in [-0.15, -0.1) is 0 Å². The summed E-state index contributed by atoms with van der Waals surface area (Å²) in [6, 6.07) is 16.5. The van der Waals surface area contributed by atoms with Gasteiger partial charge in [0.2, 0.25) is 17.7 Å². The van der Waals surface area contributed by atoms with Crippen molar-refractivity contribution in [3.63, 3.8) is 0 Å². The number of alkyl halides is 3. The van der Waals surface area contributed by atoms with Gasteiger partial charge < -0.3 is 35.9 Å². The van der Waals surface area contributed by atoms with Crippen molar-refractivity contribution in [2.75, 3.05) is 6.61 Å². The smallest absolute Gasteiger partial charge is 0.430 e. The zero-order chi connectivity index (χ0) is 34.0. The quantitative estimate of drug-likeness (QED) is 0.346. The van der Waals surface area contributed by atoms with E-state index in [1.54, 1.807) is 11.8 Å². The molecule has 2 aliphatic rings. The zero-order valence-electron chi connectivity index (χ0n) is 25.5. The van der Waals surface area contributed by atoms with Gasteiger partial charge in [-0.25, -0.2) is 0 Å². The van der Waals surface area contributed by atoms with Gasteiger partial charge in [-0.2, -0.15) is 13.2 Å². The maximum Gasteiger partial charge on any atom is 0.430 e. The van der Waals surface area contributed by atoms with Crippen LogP contribution in [0, 0.1) is 5.92 Å². The minimum Gasteiger partial charge on any atom is -0.542 e. The van der Waals surface area contributed by atoms with Crippen molar-refractivity contribution in [3.05, 3.63) is 71.8 Å². The van der Waals surface area contributed by atoms with Gasteiger partial charge in [0.05, 0.1) is 18.7 Å². The molecule has 0 bridgehead atoms. The van der Waals surface area contributed by atoms with E-state index in [2.05, 4.69) is 10.6 Å². The summed E-state index contributed by atoms with van der Waals surface area (Å²) in [5.41, 5.74) is 7.82. The average molecular weight is 648 g/mol. The lowest BCUT2D eigenvalue weighted by molar-refractivity contribution is -0.344. The fourth-order valence-electron chi connectivity index (χ4n) is 5.61. The van der Waals surface area contributed by atoms with E-state index in [-0.39, 0.29) is 30.5 Å². The van der Waals surface area contributed by atoms with Gasteiger partial charge in [0.25, 0.3) is 0 Å². The van der Waals surface area contributed by atoms with Gasteiger partial charge in [-0.3, -0.25) is 19.2 Å². The summed E-state index contributed by atoms with van der Waals surface area (Å²) in [6.07, 6.45) is -2.35. The topological polar surface area (TPSA) is 171 Å². The van der Waals surface area contributed by atoms with E-state index in [0.717, 1.165) is 11.1 Å². The van der Waals surface area contributed by atoms with Gasteiger partial charge in [0, 0.05) is 18.9 Å². The largest absolute Gasteiger partial charge is 0.542 e. The number of carboxylic acid groups (broad SMARTS) is 1. The number of aliphatic carboxylic acids is 1. The number of hydrogen-bond donors (Lipinski definition) is 3. The Labute approximate surface area is 264 Å². The Bertz CT molecular complexity index is 1320. The molecule has 14 heteroatoms. The lowest BCUT2D eigenvalue weighted by atomic mass is 9.93. The van der Waals surface area contributed by atoms with Gasteiger partial charge in [0.15, 0.2) is 0 Å². The lowest BCUT2D eigenvalue weighted by Gasteiger charge is -2.33. The number of nitrogens with one attached hydrogen (secondary N) is 2. The molecule has 4 rings (SSSR count). The first-order chi connectivity index (χ1) is 21.7. The predicted molar refractivity (Wildman–Crippen MR) is 157 cm³/mol. The van der Waals surface area contributed by atoms with Crippen molar-refractivity contribution >= 4 is 29.7 Å². The highest BCUT2D eigenvalue weighted by molar-refractivity contribution is 5.94. The van der Waals surface area contributed by atoms with Gasteiger partial charge >= 0.3 is 12.1 Å². The van der Waals surface area contributed by atoms with E-state index in [1.807, 2.05) is 60.7 Å². The van der Waals surface area contributed by atoms with Crippen molar-refractivity contribution in [3.8, 4) is 0 Å². The molecule has 2 fully saturated rings. The Morgan fingerprint density at radius 1 is 0.978 bits per heavy atom. The minimum atomic E-state index is -5.19. The minimum absolute atomic E-state index is 0.00882. The molecule has 0 unspecified atom stereocenters. The summed E-state index contributed by atoms with van der Waals surface area (Å²) in [5, 5.41) is 14.8. The van der Waals surface area contributed by atoms with Crippen LogP contribution in [-0.2, 0) is 28.7 Å². The van der Waals surface area contributed by atoms with Crippen LogP contribution >= 0.6 is 0 Å². The van der Waals surface area contributed by atoms with Crippen molar-refractivity contribution in [2.45, 2.75) is 82.3 Å². The van der Waals surface area contributed by atoms with Gasteiger partial charge in [0.1, 0.15) is 18.1 Å². The third-order valence-corrected chi connectivity index (χ3v) is 8.03. The first kappa shape index (κ1) is 36.0. The normalized spacial score (nSPS) is 21.6. The standard InChI is InChI=1S/C30H38N4O5.C2HF3O2/c1-3-24(31)28(36)33-27-22(18-39-19(2)35)14-15-23-16-17-25(34(23)30(27)38)29(37)32-26(20-10-6-4-7-11-20)21-12-8-5-9-13-21;3-2(4,5)1(6)7/h4-13,22-27H,3,14-18,31H2,1-2H3,(H,32,37)(H,33,36);(H,6,7)/p-1/t22-,23+,24+,25+,27+;/m1./s1. The second-order valence-corrected chi connectivity index (χ2v) is 11.2. The number of carbonyl (C=O) groups excluding carboxylic acids is 5. The number of nitrogens with zero attached hydrogens (tertiary/aromatic N) is 1. The number of nitrogens with two attached hydrogens (primary N) is 1. The molecule has 11 nitrogen and oxygen atoms in total. The molecule has 2 aliphatic heterocycles. The number of carbonyl (C=O) groups is 5. The van der Waals surface area contributed by atoms with Crippen LogP contribution in [0.2, 0.25) is 0 Å². The van der Waals surface area contributed by atoms with Gasteiger partial charge in [-0.1, -0.05) is 67.6 Å². The first-order valence-corrected chi connectivity index (χ1v) is 14.9. The number of carboxylic acids is 1. The Kier molecular flexibility index (Phi) is 12.7. The Balaban J connectivity index is 0.000000738. The highest BCUT2D eigenvalue weighted by atomic mass is 19.4. The fraction of sp³-hybridized carbons (Fsp3) is 0.469. The molecule has 4 N–H and O–H groups in total. The number of halogens is 3. The van der Waals surface area contributed by atoms with Crippen LogP contribution in [0.4, 0.5) is 13.2 Å². The molecule has 250 valence electrons. The number of rotatable bonds is 9. The highest BCUT2D eigenvalue weighted by Crippen LogP contribution is 2.35. The summed E-state index contributed by atoms with van der Waals surface area (Å²) in [5.74, 6) is -4.88. The molecule has 46 heavy (non-hydrogen) atoms. The summed E-state index contributed by atoms with van der Waals surface area (Å²) in [7, 11) is 0. The SMILES string of the molecule is CC[C@H](N)C(=O)N[C@@H]1C(=O)N2[C@@H](CC[C@@H]1COC(C)=O)CC[C@H]2C(=O)NC(c1ccccc1)c1ccccc1.O=C([O-])C(F)(F)F. The number of fused-ring (bicyclic) bond motifs is 1. The van der Waals surface area contributed by atoms with Gasteiger partial charge in [-0.05, 0) is 43.2 Å². The summed E-state index contributed by atoms with van der Waals surface area (Å²) >= 11 is 0. The Hall–Kier alpha value is -4.46. The van der Waals surface area contributed by atoms with Crippen LogP contribution in [0.1, 0.15) is 63.1 Å². The maximum absolute atomic E-state index is 14.0. The molecule has 2 aromatic rings. The van der Waals surface area contributed by atoms with E-state index < -0.39 is 48.1 Å². The monoisotopic (exact) mass is 647 g/mol. The number of hydrogen-bond acceptors (Lipinski definition) is 8. The van der Waals surface area contributed by atoms with Crippen LogP contribution in [0.25, 0.3) is 0 Å². The molecular weight excluding hydrogens is 609 g/mol. The molecule has 0 spiro atoms. The third-order valence-electron chi connectivity index (χ3n) is 8.03. The fourth-order valence-corrected chi connectivity index (χ4v) is 5.61. The van der Waals surface area contributed by atoms with Crippen LogP contribution in [-0.4, -0.2) is 71.5 Å². The van der Waals surface area contributed by atoms with Crippen molar-refractivity contribution in [1.29, 1.82) is 0 Å². The summed E-state index contributed by atoms with van der Waals surface area (Å²) < 4.78 is 36.8. The second kappa shape index (κ2) is 16.2. The average Bonchev–Trinajstić information content (AvgIpc) is 3.41. The predicted octanol–water partition coefficient (Wildman–Crippen LogP) is 1.75. The Morgan fingerprint density at radius 2 is 1.50 bits per heavy atom. The summed E-state index contributed by atoms with van der Waals surface area (Å²) in [4.78, 5) is 62.6. The number of benzene rings is 2. The number of amides is 3. The molecule has 0 saturated carbocycles. The number of esters is 1. The highest BCUT2D eigenvalue weighted by Gasteiger charge is 2.48. The van der Waals surface area contributed by atoms with E-state index >= 15 is 0 Å². The van der Waals surface area contributed by atoms with Crippen LogP contribution < -0.4 is 21.5 Å². The van der Waals surface area contributed by atoms with E-state index in [4.69, 9.17) is 20.4 Å². The van der Waals surface area contributed by atoms with Crippen molar-refractivity contribution < 1.29 is 47.0 Å². The number of ether oxygens (including phenoxy) is 1. The zero-order valence-corrected chi connectivity index (χ0v) is 25.5. The second-order valence-electron chi connectivity index (χ2n) is 11.2. The molecular formula is C32H38F3N4O7-. The van der Waals surface area contributed by atoms with E-state index in [0.29, 0.717) is 32.1 Å². The molecule has 0 radical (unpaired) electrons. The molecule has 0 aromatic heterocycles. The maximum atomic E-state index is 14.0. The molecule has 2 saturated heterocycles. The van der Waals surface area contributed by atoms with Crippen LogP contribution in [0.5, 0.6) is 0 Å². The first-order valence-electron chi connectivity index (χ1n) is 14.9. The molecule has 2 heterocycles. The Morgan fingerprint density at radius 3 is 1.98 bits per heavy atom. The van der Waals surface area contributed by atoms with E-state index in [9.17, 15) is 32.3 Å². The third kappa shape index (κ3) is 9.52. The van der Waals surface area contributed by atoms with Crippen LogP contribution in [0.3, 0.4) is 0 Å². The summed E-state index contributed by atoms with van der Waals surface area (Å²) in [6.45, 7) is 3.12. The molecule has 2 aromatic carbocycles. The van der Waals surface area contributed by atoms with Crippen LogP contribution in [0.15, 0.2) is 60.7 Å². The molecule has 3 amide bonds. The lowest BCUT2D eigenvalue weighted by Crippen LogP contribution is -2.58. The van der Waals surface area contributed by atoms with E-state index in [1.165, 1.54) is 6.92 Å². The molecule has 0 aliphatic carbocycles. The van der Waals surface area contributed by atoms with Crippen molar-refractivity contribution in [1.82, 2.24) is 15.5 Å². The molecule has 5 atom stereocenters.